The molecule has 0 amide bonds. The molecule has 0 saturated heterocycles. The van der Waals surface area contributed by atoms with E-state index in [0.717, 1.165) is 5.56 Å². The van der Waals surface area contributed by atoms with E-state index in [1.807, 2.05) is 0 Å². The largest absolute Gasteiger partial charge is 0.399 e. The molecular formula is C14H10BrClFNO. The lowest BCUT2D eigenvalue weighted by Gasteiger charge is -2.05. The summed E-state index contributed by atoms with van der Waals surface area (Å²) < 4.78 is 13.4. The molecule has 2 aromatic carbocycles. The van der Waals surface area contributed by atoms with Crippen molar-refractivity contribution in [3.05, 3.63) is 62.8 Å². The summed E-state index contributed by atoms with van der Waals surface area (Å²) >= 11 is 8.94. The number of hydrogen-bond donors (Lipinski definition) is 1. The van der Waals surface area contributed by atoms with Gasteiger partial charge >= 0.3 is 0 Å². The minimum atomic E-state index is -0.358. The number of Topliss-reactive ketones (excluding diaryl/α,β-unsaturated/α-hetero) is 1. The monoisotopic (exact) mass is 341 g/mol. The van der Waals surface area contributed by atoms with Crippen LogP contribution in [0, 0.1) is 5.82 Å². The molecule has 2 rings (SSSR count). The minimum absolute atomic E-state index is 0.118. The summed E-state index contributed by atoms with van der Waals surface area (Å²) in [5.74, 6) is -0.476. The Labute approximate surface area is 123 Å². The maximum atomic E-state index is 13.1. The lowest BCUT2D eigenvalue weighted by Crippen LogP contribution is -2.04. The third kappa shape index (κ3) is 3.55. The summed E-state index contributed by atoms with van der Waals surface area (Å²) in [6.45, 7) is 0. The molecule has 0 heterocycles. The minimum Gasteiger partial charge on any atom is -0.399 e. The van der Waals surface area contributed by atoms with Crippen LogP contribution in [0.1, 0.15) is 15.9 Å². The maximum Gasteiger partial charge on any atom is 0.167 e. The first kappa shape index (κ1) is 14.0. The number of nitrogens with two attached hydrogens (primary N) is 1. The Morgan fingerprint density at radius 3 is 2.63 bits per heavy atom. The zero-order valence-electron chi connectivity index (χ0n) is 9.79. The fraction of sp³-hybridized carbons (Fsp3) is 0.0714. The van der Waals surface area contributed by atoms with E-state index in [1.54, 1.807) is 30.3 Å². The van der Waals surface area contributed by atoms with Gasteiger partial charge in [0.05, 0.1) is 4.47 Å². The predicted octanol–water partition coefficient (Wildman–Crippen LogP) is 4.25. The fourth-order valence-corrected chi connectivity index (χ4v) is 2.38. The number of anilines is 1. The third-order valence-corrected chi connectivity index (χ3v) is 3.42. The molecule has 0 unspecified atom stereocenters. The van der Waals surface area contributed by atoms with Gasteiger partial charge in [-0.25, -0.2) is 4.39 Å². The second-order valence-corrected chi connectivity index (χ2v) is 5.41. The molecule has 2 N–H and O–H groups in total. The van der Waals surface area contributed by atoms with Crippen molar-refractivity contribution in [2.24, 2.45) is 0 Å². The third-order valence-electron chi connectivity index (χ3n) is 2.59. The Kier molecular flexibility index (Phi) is 4.22. The Morgan fingerprint density at radius 1 is 1.26 bits per heavy atom. The van der Waals surface area contributed by atoms with Crippen LogP contribution in [-0.4, -0.2) is 5.78 Å². The summed E-state index contributed by atoms with van der Waals surface area (Å²) in [5, 5.41) is 0.420. The normalized spacial score (nSPS) is 10.5. The van der Waals surface area contributed by atoms with Crippen LogP contribution < -0.4 is 5.73 Å². The number of carbonyl (C=O) groups is 1. The fourth-order valence-electron chi connectivity index (χ4n) is 1.71. The molecule has 19 heavy (non-hydrogen) atoms. The van der Waals surface area contributed by atoms with E-state index in [4.69, 9.17) is 17.3 Å². The van der Waals surface area contributed by atoms with E-state index >= 15 is 0 Å². The van der Waals surface area contributed by atoms with Crippen molar-refractivity contribution in [1.29, 1.82) is 0 Å². The van der Waals surface area contributed by atoms with Gasteiger partial charge in [-0.1, -0.05) is 17.7 Å². The average Bonchev–Trinajstić information content (AvgIpc) is 2.32. The smallest absolute Gasteiger partial charge is 0.167 e. The van der Waals surface area contributed by atoms with E-state index in [-0.39, 0.29) is 18.0 Å². The van der Waals surface area contributed by atoms with Gasteiger partial charge in [0, 0.05) is 22.7 Å². The van der Waals surface area contributed by atoms with Crippen molar-refractivity contribution >= 4 is 39.0 Å². The molecule has 0 aromatic heterocycles. The predicted molar refractivity (Wildman–Crippen MR) is 78.0 cm³/mol. The van der Waals surface area contributed by atoms with Gasteiger partial charge in [0.2, 0.25) is 0 Å². The second-order valence-electron chi connectivity index (χ2n) is 4.12. The van der Waals surface area contributed by atoms with Crippen molar-refractivity contribution in [3.8, 4) is 0 Å². The first-order valence-electron chi connectivity index (χ1n) is 5.49. The van der Waals surface area contributed by atoms with Crippen LogP contribution in [0.4, 0.5) is 10.1 Å². The van der Waals surface area contributed by atoms with Crippen molar-refractivity contribution in [3.63, 3.8) is 0 Å². The SMILES string of the molecule is Nc1cc(Cl)cc(C(=O)Cc2ccc(F)c(Br)c2)c1. The van der Waals surface area contributed by atoms with Gasteiger partial charge in [-0.15, -0.1) is 0 Å². The summed E-state index contributed by atoms with van der Waals surface area (Å²) in [6, 6.07) is 9.20. The molecule has 0 radical (unpaired) electrons. The van der Waals surface area contributed by atoms with Crippen LogP contribution in [0.5, 0.6) is 0 Å². The van der Waals surface area contributed by atoms with E-state index in [2.05, 4.69) is 15.9 Å². The molecule has 0 spiro atoms. The second kappa shape index (κ2) is 5.72. The van der Waals surface area contributed by atoms with Gasteiger partial charge in [0.15, 0.2) is 5.78 Å². The molecule has 5 heteroatoms. The maximum absolute atomic E-state index is 13.1. The molecule has 0 fully saturated rings. The molecule has 0 saturated carbocycles. The number of hydrogen-bond acceptors (Lipinski definition) is 2. The first-order chi connectivity index (χ1) is 8.95. The quantitative estimate of drug-likeness (QED) is 0.669. The van der Waals surface area contributed by atoms with Crippen molar-refractivity contribution in [1.82, 2.24) is 0 Å². The zero-order chi connectivity index (χ0) is 14.0. The van der Waals surface area contributed by atoms with Crippen LogP contribution in [0.2, 0.25) is 5.02 Å². The van der Waals surface area contributed by atoms with Crippen molar-refractivity contribution < 1.29 is 9.18 Å². The molecule has 2 aromatic rings. The number of benzene rings is 2. The highest BCUT2D eigenvalue weighted by Gasteiger charge is 2.10. The first-order valence-corrected chi connectivity index (χ1v) is 6.66. The molecule has 0 aliphatic heterocycles. The van der Waals surface area contributed by atoms with Crippen molar-refractivity contribution in [2.75, 3.05) is 5.73 Å². The van der Waals surface area contributed by atoms with E-state index in [0.29, 0.717) is 20.7 Å². The van der Waals surface area contributed by atoms with Gasteiger partial charge in [0.1, 0.15) is 5.82 Å². The molecule has 0 atom stereocenters. The standard InChI is InChI=1S/C14H10BrClFNO/c15-12-3-8(1-2-13(12)17)4-14(19)9-5-10(16)7-11(18)6-9/h1-3,5-7H,4,18H2. The highest BCUT2D eigenvalue weighted by molar-refractivity contribution is 9.10. The van der Waals surface area contributed by atoms with Crippen LogP contribution >= 0.6 is 27.5 Å². The average molecular weight is 343 g/mol. The van der Waals surface area contributed by atoms with E-state index in [1.165, 1.54) is 6.07 Å². The Bertz CT molecular complexity index is 625. The molecule has 2 nitrogen and oxygen atoms in total. The summed E-state index contributed by atoms with van der Waals surface area (Å²) in [5.41, 5.74) is 7.25. The van der Waals surface area contributed by atoms with Gasteiger partial charge in [0.25, 0.3) is 0 Å². The summed E-state index contributed by atoms with van der Waals surface area (Å²) in [7, 11) is 0. The Hall–Kier alpha value is -1.39. The number of halogens is 3. The molecule has 0 aliphatic rings. The molecule has 0 aliphatic carbocycles. The van der Waals surface area contributed by atoms with Gasteiger partial charge in [-0.05, 0) is 51.8 Å². The molecular weight excluding hydrogens is 333 g/mol. The molecule has 0 bridgehead atoms. The molecule has 98 valence electrons. The van der Waals surface area contributed by atoms with E-state index in [9.17, 15) is 9.18 Å². The Balaban J connectivity index is 2.22. The van der Waals surface area contributed by atoms with Crippen LogP contribution in [-0.2, 0) is 6.42 Å². The number of carbonyl (C=O) groups excluding carboxylic acids is 1. The topological polar surface area (TPSA) is 43.1 Å². The van der Waals surface area contributed by atoms with Gasteiger partial charge in [-0.3, -0.25) is 4.79 Å². The lowest BCUT2D eigenvalue weighted by atomic mass is 10.0. The lowest BCUT2D eigenvalue weighted by molar-refractivity contribution is 0.0993. The van der Waals surface area contributed by atoms with Crippen LogP contribution in [0.3, 0.4) is 0 Å². The van der Waals surface area contributed by atoms with Crippen molar-refractivity contribution in [2.45, 2.75) is 6.42 Å². The van der Waals surface area contributed by atoms with Gasteiger partial charge in [-0.2, -0.15) is 0 Å². The zero-order valence-corrected chi connectivity index (χ0v) is 12.1. The van der Waals surface area contributed by atoms with E-state index < -0.39 is 0 Å². The summed E-state index contributed by atoms with van der Waals surface area (Å²) in [4.78, 5) is 12.1. The van der Waals surface area contributed by atoms with Crippen LogP contribution in [0.15, 0.2) is 40.9 Å². The number of ketones is 1. The Morgan fingerprint density at radius 2 is 2.00 bits per heavy atom. The number of nitrogen functional groups attached to an aromatic ring is 1. The van der Waals surface area contributed by atoms with Crippen LogP contribution in [0.25, 0.3) is 0 Å². The number of rotatable bonds is 3. The van der Waals surface area contributed by atoms with Gasteiger partial charge < -0.3 is 5.73 Å². The summed E-state index contributed by atoms with van der Waals surface area (Å²) in [6.07, 6.45) is 0.165. The highest BCUT2D eigenvalue weighted by Crippen LogP contribution is 2.20. The highest BCUT2D eigenvalue weighted by atomic mass is 79.9.